The van der Waals surface area contributed by atoms with Crippen LogP contribution < -0.4 is 10.6 Å². The predicted octanol–water partition coefficient (Wildman–Crippen LogP) is 2.95. The number of nitrogens with zero attached hydrogens (tertiary/aromatic N) is 2. The average Bonchev–Trinajstić information content (AvgIpc) is 2.79. The Morgan fingerprint density at radius 2 is 1.59 bits per heavy atom. The van der Waals surface area contributed by atoms with Crippen LogP contribution in [-0.2, 0) is 10.0 Å². The Labute approximate surface area is 191 Å². The number of hydrogen-bond acceptors (Lipinski definition) is 4. The van der Waals surface area contributed by atoms with Gasteiger partial charge in [-0.1, -0.05) is 25.3 Å². The molecule has 0 atom stereocenters. The van der Waals surface area contributed by atoms with Crippen molar-refractivity contribution in [3.8, 4) is 0 Å². The number of likely N-dealkylation sites (tertiary alicyclic amines) is 1. The summed E-state index contributed by atoms with van der Waals surface area (Å²) in [6.07, 6.45) is 7.03. The third kappa shape index (κ3) is 6.01. The molecule has 3 rings (SSSR count). The van der Waals surface area contributed by atoms with Crippen LogP contribution >= 0.6 is 0 Å². The zero-order valence-corrected chi connectivity index (χ0v) is 20.2. The Hall–Kier alpha value is -2.13. The van der Waals surface area contributed by atoms with Gasteiger partial charge in [-0.2, -0.15) is 4.31 Å². The molecule has 32 heavy (non-hydrogen) atoms. The quantitative estimate of drug-likeness (QED) is 0.676. The van der Waals surface area contributed by atoms with Crippen molar-refractivity contribution in [2.24, 2.45) is 0 Å². The van der Waals surface area contributed by atoms with E-state index in [9.17, 15) is 18.0 Å². The first-order valence-corrected chi connectivity index (χ1v) is 13.1. The minimum absolute atomic E-state index is 0.0362. The maximum atomic E-state index is 13.0. The van der Waals surface area contributed by atoms with Gasteiger partial charge in [-0.05, 0) is 57.7 Å². The molecule has 1 saturated carbocycles. The summed E-state index contributed by atoms with van der Waals surface area (Å²) in [5.74, 6) is -0.181. The molecule has 0 bridgehead atoms. The van der Waals surface area contributed by atoms with E-state index in [2.05, 4.69) is 10.6 Å². The molecule has 1 aromatic carbocycles. The molecule has 1 saturated heterocycles. The van der Waals surface area contributed by atoms with Crippen LogP contribution in [0.25, 0.3) is 0 Å². The Bertz CT molecular complexity index is 904. The minimum atomic E-state index is -3.65. The van der Waals surface area contributed by atoms with Crippen molar-refractivity contribution in [3.63, 3.8) is 0 Å². The van der Waals surface area contributed by atoms with Crippen LogP contribution in [0.2, 0.25) is 0 Å². The van der Waals surface area contributed by atoms with E-state index in [0.29, 0.717) is 31.5 Å². The van der Waals surface area contributed by atoms with Gasteiger partial charge in [0.05, 0.1) is 4.90 Å². The van der Waals surface area contributed by atoms with Crippen molar-refractivity contribution in [3.05, 3.63) is 29.8 Å². The molecule has 3 amide bonds. The van der Waals surface area contributed by atoms with E-state index in [1.807, 2.05) is 0 Å². The first kappa shape index (κ1) is 24.5. The number of benzene rings is 1. The van der Waals surface area contributed by atoms with E-state index in [0.717, 1.165) is 12.8 Å². The van der Waals surface area contributed by atoms with Gasteiger partial charge in [-0.15, -0.1) is 0 Å². The lowest BCUT2D eigenvalue weighted by Crippen LogP contribution is -2.51. The SMILES string of the molecule is CC(C)N(C)S(=O)(=O)c1cccc(C(=O)N2CCC(NC(=O)NC3CCCCC3)CC2)c1. The van der Waals surface area contributed by atoms with Crippen molar-refractivity contribution in [1.29, 1.82) is 0 Å². The lowest BCUT2D eigenvalue weighted by Gasteiger charge is -2.33. The Morgan fingerprint density at radius 1 is 1.00 bits per heavy atom. The van der Waals surface area contributed by atoms with Crippen LogP contribution in [0.1, 0.15) is 69.2 Å². The maximum absolute atomic E-state index is 13.0. The number of carbonyl (C=O) groups excluding carboxylic acids is 2. The summed E-state index contributed by atoms with van der Waals surface area (Å²) in [5, 5.41) is 6.12. The Morgan fingerprint density at radius 3 is 2.19 bits per heavy atom. The van der Waals surface area contributed by atoms with Crippen molar-refractivity contribution in [2.45, 2.75) is 81.8 Å². The fraction of sp³-hybridized carbons (Fsp3) is 0.652. The summed E-state index contributed by atoms with van der Waals surface area (Å²) in [5.41, 5.74) is 0.365. The van der Waals surface area contributed by atoms with Crippen molar-refractivity contribution in [1.82, 2.24) is 19.8 Å². The first-order valence-electron chi connectivity index (χ1n) is 11.6. The van der Waals surface area contributed by atoms with E-state index in [1.54, 1.807) is 30.9 Å². The molecule has 2 fully saturated rings. The van der Waals surface area contributed by atoms with Crippen LogP contribution in [0.4, 0.5) is 4.79 Å². The predicted molar refractivity (Wildman–Crippen MR) is 124 cm³/mol. The topological polar surface area (TPSA) is 98.8 Å². The summed E-state index contributed by atoms with van der Waals surface area (Å²) in [6, 6.07) is 6.24. The van der Waals surface area contributed by atoms with Crippen molar-refractivity contribution < 1.29 is 18.0 Å². The summed E-state index contributed by atoms with van der Waals surface area (Å²) >= 11 is 0. The van der Waals surface area contributed by atoms with Gasteiger partial charge in [0, 0.05) is 43.8 Å². The minimum Gasteiger partial charge on any atom is -0.338 e. The zero-order valence-electron chi connectivity index (χ0n) is 19.3. The number of rotatable bonds is 6. The molecule has 0 radical (unpaired) electrons. The molecule has 1 heterocycles. The fourth-order valence-electron chi connectivity index (χ4n) is 4.30. The molecule has 178 valence electrons. The van der Waals surface area contributed by atoms with Gasteiger partial charge in [0.25, 0.3) is 5.91 Å². The van der Waals surface area contributed by atoms with E-state index in [1.165, 1.54) is 42.7 Å². The van der Waals surface area contributed by atoms with E-state index >= 15 is 0 Å². The standard InChI is InChI=1S/C23H36N4O4S/c1-17(2)26(3)32(30,31)21-11-7-8-18(16-21)22(28)27-14-12-20(13-15-27)25-23(29)24-19-9-5-4-6-10-19/h7-8,11,16-17,19-20H,4-6,9-10,12-15H2,1-3H3,(H2,24,25,29). The lowest BCUT2D eigenvalue weighted by atomic mass is 9.96. The van der Waals surface area contributed by atoms with Gasteiger partial charge in [0.2, 0.25) is 10.0 Å². The van der Waals surface area contributed by atoms with E-state index in [-0.39, 0.29) is 35.0 Å². The van der Waals surface area contributed by atoms with Crippen LogP contribution in [0.15, 0.2) is 29.2 Å². The van der Waals surface area contributed by atoms with Crippen molar-refractivity contribution >= 4 is 22.0 Å². The fourth-order valence-corrected chi connectivity index (χ4v) is 5.72. The highest BCUT2D eigenvalue weighted by molar-refractivity contribution is 7.89. The van der Waals surface area contributed by atoms with E-state index < -0.39 is 10.0 Å². The molecule has 0 unspecified atom stereocenters. The molecule has 2 N–H and O–H groups in total. The molecule has 9 heteroatoms. The number of nitrogens with one attached hydrogen (secondary N) is 2. The first-order chi connectivity index (χ1) is 15.2. The van der Waals surface area contributed by atoms with Gasteiger partial charge in [-0.25, -0.2) is 13.2 Å². The number of carbonyl (C=O) groups is 2. The Kier molecular flexibility index (Phi) is 8.16. The zero-order chi connectivity index (χ0) is 23.3. The highest BCUT2D eigenvalue weighted by atomic mass is 32.2. The number of urea groups is 1. The molecular formula is C23H36N4O4S. The van der Waals surface area contributed by atoms with Gasteiger partial charge in [-0.3, -0.25) is 4.79 Å². The van der Waals surface area contributed by atoms with Gasteiger partial charge in [0.1, 0.15) is 0 Å². The monoisotopic (exact) mass is 464 g/mol. The number of sulfonamides is 1. The largest absolute Gasteiger partial charge is 0.338 e. The molecule has 1 aliphatic carbocycles. The molecule has 1 aromatic rings. The summed E-state index contributed by atoms with van der Waals surface area (Å²) in [7, 11) is -2.11. The van der Waals surface area contributed by atoms with Gasteiger partial charge < -0.3 is 15.5 Å². The third-order valence-corrected chi connectivity index (χ3v) is 8.57. The number of hydrogen-bond donors (Lipinski definition) is 2. The number of piperidine rings is 1. The third-order valence-electron chi connectivity index (χ3n) is 6.54. The molecule has 0 aromatic heterocycles. The van der Waals surface area contributed by atoms with Gasteiger partial charge in [0.15, 0.2) is 0 Å². The maximum Gasteiger partial charge on any atom is 0.315 e. The second-order valence-electron chi connectivity index (χ2n) is 9.16. The normalized spacial score (nSPS) is 18.7. The average molecular weight is 465 g/mol. The van der Waals surface area contributed by atoms with Crippen LogP contribution in [0.3, 0.4) is 0 Å². The summed E-state index contributed by atoms with van der Waals surface area (Å²) in [4.78, 5) is 27.1. The highest BCUT2D eigenvalue weighted by Crippen LogP contribution is 2.21. The molecule has 2 aliphatic rings. The second-order valence-corrected chi connectivity index (χ2v) is 11.2. The molecular weight excluding hydrogens is 428 g/mol. The number of amides is 3. The van der Waals surface area contributed by atoms with Gasteiger partial charge >= 0.3 is 6.03 Å². The van der Waals surface area contributed by atoms with Crippen LogP contribution in [-0.4, -0.2) is 67.8 Å². The molecule has 8 nitrogen and oxygen atoms in total. The Balaban J connectivity index is 1.54. The lowest BCUT2D eigenvalue weighted by molar-refractivity contribution is 0.0708. The molecule has 1 aliphatic heterocycles. The van der Waals surface area contributed by atoms with Crippen LogP contribution in [0.5, 0.6) is 0 Å². The second kappa shape index (κ2) is 10.7. The summed E-state index contributed by atoms with van der Waals surface area (Å²) < 4.78 is 26.8. The van der Waals surface area contributed by atoms with Crippen molar-refractivity contribution in [2.75, 3.05) is 20.1 Å². The van der Waals surface area contributed by atoms with E-state index in [4.69, 9.17) is 0 Å². The smallest absolute Gasteiger partial charge is 0.315 e. The molecule has 0 spiro atoms. The summed E-state index contributed by atoms with van der Waals surface area (Å²) in [6.45, 7) is 4.66. The highest BCUT2D eigenvalue weighted by Gasteiger charge is 2.28. The van der Waals surface area contributed by atoms with Crippen LogP contribution in [0, 0.1) is 0 Å².